The minimum Gasteiger partial charge on any atom is -0.353 e. The maximum atomic E-state index is 12.5. The van der Waals surface area contributed by atoms with Gasteiger partial charge in [0.05, 0.1) is 28.6 Å². The van der Waals surface area contributed by atoms with Crippen molar-refractivity contribution in [1.82, 2.24) is 19.9 Å². The number of carbonyl (C=O) groups excluding carboxylic acids is 1. The third kappa shape index (κ3) is 2.85. The van der Waals surface area contributed by atoms with Crippen LogP contribution in [0.25, 0.3) is 33.3 Å². The van der Waals surface area contributed by atoms with Crippen molar-refractivity contribution in [2.24, 2.45) is 0 Å². The Balaban J connectivity index is 1.52. The van der Waals surface area contributed by atoms with Gasteiger partial charge in [0, 0.05) is 33.4 Å². The molecular weight excluding hydrogens is 374 g/mol. The Morgan fingerprint density at radius 1 is 1.07 bits per heavy atom. The summed E-state index contributed by atoms with van der Waals surface area (Å²) in [5, 5.41) is 7.37. The topological polar surface area (TPSA) is 104 Å². The molecule has 8 heteroatoms. The minimum absolute atomic E-state index is 0.228. The number of aromatic nitrogens is 4. The molecule has 136 valence electrons. The van der Waals surface area contributed by atoms with Crippen molar-refractivity contribution in [2.75, 3.05) is 5.32 Å². The van der Waals surface area contributed by atoms with E-state index in [1.54, 1.807) is 36.7 Å². The van der Waals surface area contributed by atoms with E-state index in [4.69, 9.17) is 0 Å². The summed E-state index contributed by atoms with van der Waals surface area (Å²) in [6.07, 6.45) is 3.23. The maximum Gasteiger partial charge on any atom is 0.276 e. The summed E-state index contributed by atoms with van der Waals surface area (Å²) in [7, 11) is 0. The van der Waals surface area contributed by atoms with Crippen LogP contribution in [0.5, 0.6) is 0 Å². The van der Waals surface area contributed by atoms with Crippen molar-refractivity contribution in [1.29, 1.82) is 0 Å². The van der Waals surface area contributed by atoms with Crippen LogP contribution in [0.2, 0.25) is 0 Å². The van der Waals surface area contributed by atoms with Crippen molar-refractivity contribution >= 4 is 44.9 Å². The average Bonchev–Trinajstić information content (AvgIpc) is 3.33. The molecule has 0 saturated heterocycles. The zero-order chi connectivity index (χ0) is 19.1. The number of nitrogens with zero attached hydrogens (tertiary/aromatic N) is 2. The SMILES string of the molecule is O=C(Nc1cccnc1)c1ccc2[nH]c(-c3nc4cscc4[nH]c3=O)cc2c1. The molecule has 7 nitrogen and oxygen atoms in total. The van der Waals surface area contributed by atoms with E-state index in [1.807, 2.05) is 22.9 Å². The molecule has 4 aromatic heterocycles. The van der Waals surface area contributed by atoms with E-state index in [-0.39, 0.29) is 11.5 Å². The van der Waals surface area contributed by atoms with Gasteiger partial charge >= 0.3 is 0 Å². The number of aromatic amines is 2. The van der Waals surface area contributed by atoms with E-state index in [0.29, 0.717) is 22.6 Å². The Morgan fingerprint density at radius 3 is 2.86 bits per heavy atom. The first-order chi connectivity index (χ1) is 13.7. The molecule has 5 aromatic rings. The van der Waals surface area contributed by atoms with Crippen molar-refractivity contribution in [3.63, 3.8) is 0 Å². The van der Waals surface area contributed by atoms with Crippen molar-refractivity contribution in [3.8, 4) is 11.4 Å². The third-order valence-electron chi connectivity index (χ3n) is 4.39. The number of H-pyrrole nitrogens is 2. The smallest absolute Gasteiger partial charge is 0.276 e. The number of anilines is 1. The highest BCUT2D eigenvalue weighted by molar-refractivity contribution is 7.09. The molecule has 1 aromatic carbocycles. The predicted octanol–water partition coefficient (Wildman–Crippen LogP) is 3.78. The quantitative estimate of drug-likeness (QED) is 0.438. The lowest BCUT2D eigenvalue weighted by Gasteiger charge is -2.04. The van der Waals surface area contributed by atoms with Gasteiger partial charge in [0.25, 0.3) is 11.5 Å². The number of benzene rings is 1. The number of hydrogen-bond donors (Lipinski definition) is 3. The lowest BCUT2D eigenvalue weighted by molar-refractivity contribution is 0.102. The number of thiophene rings is 1. The van der Waals surface area contributed by atoms with Gasteiger partial charge in [0.1, 0.15) is 0 Å². The number of amides is 1. The Hall–Kier alpha value is -3.78. The highest BCUT2D eigenvalue weighted by atomic mass is 32.1. The van der Waals surface area contributed by atoms with Gasteiger partial charge in [-0.2, -0.15) is 0 Å². The zero-order valence-corrected chi connectivity index (χ0v) is 15.2. The Kier molecular flexibility index (Phi) is 3.77. The molecule has 5 rings (SSSR count). The molecule has 0 atom stereocenters. The van der Waals surface area contributed by atoms with Gasteiger partial charge < -0.3 is 15.3 Å². The summed E-state index contributed by atoms with van der Waals surface area (Å²) in [5.74, 6) is -0.228. The van der Waals surface area contributed by atoms with Crippen LogP contribution < -0.4 is 10.9 Å². The number of fused-ring (bicyclic) bond motifs is 2. The molecule has 1 amide bonds. The first kappa shape index (κ1) is 16.4. The number of rotatable bonds is 3. The Labute approximate surface area is 162 Å². The fourth-order valence-electron chi connectivity index (χ4n) is 3.05. The van der Waals surface area contributed by atoms with E-state index in [2.05, 4.69) is 25.3 Å². The highest BCUT2D eigenvalue weighted by Gasteiger charge is 2.13. The van der Waals surface area contributed by atoms with E-state index < -0.39 is 0 Å². The molecule has 3 N–H and O–H groups in total. The molecule has 0 unspecified atom stereocenters. The minimum atomic E-state index is -0.257. The Morgan fingerprint density at radius 2 is 2.00 bits per heavy atom. The van der Waals surface area contributed by atoms with Gasteiger partial charge in [-0.3, -0.25) is 14.6 Å². The average molecular weight is 387 g/mol. The van der Waals surface area contributed by atoms with Crippen molar-refractivity contribution in [3.05, 3.63) is 75.5 Å². The van der Waals surface area contributed by atoms with Gasteiger partial charge in [-0.15, -0.1) is 11.3 Å². The summed E-state index contributed by atoms with van der Waals surface area (Å²) >= 11 is 1.48. The fourth-order valence-corrected chi connectivity index (χ4v) is 3.74. The molecule has 0 radical (unpaired) electrons. The van der Waals surface area contributed by atoms with Crippen LogP contribution in [-0.4, -0.2) is 25.8 Å². The predicted molar refractivity (Wildman–Crippen MR) is 110 cm³/mol. The summed E-state index contributed by atoms with van der Waals surface area (Å²) in [6.45, 7) is 0. The van der Waals surface area contributed by atoms with Crippen LogP contribution >= 0.6 is 11.3 Å². The normalized spacial score (nSPS) is 11.1. The largest absolute Gasteiger partial charge is 0.353 e. The van der Waals surface area contributed by atoms with E-state index in [1.165, 1.54) is 11.3 Å². The van der Waals surface area contributed by atoms with Crippen LogP contribution in [0, 0.1) is 0 Å². The molecule has 0 aliphatic heterocycles. The molecular formula is C20H13N5O2S. The lowest BCUT2D eigenvalue weighted by Crippen LogP contribution is -2.11. The van der Waals surface area contributed by atoms with Crippen LogP contribution in [0.4, 0.5) is 5.69 Å². The molecule has 28 heavy (non-hydrogen) atoms. The van der Waals surface area contributed by atoms with Gasteiger partial charge in [-0.05, 0) is 36.4 Å². The summed E-state index contributed by atoms with van der Waals surface area (Å²) < 4.78 is 0. The third-order valence-corrected chi connectivity index (χ3v) is 5.13. The second kappa shape index (κ2) is 6.43. The number of carbonyl (C=O) groups is 1. The second-order valence-corrected chi connectivity index (χ2v) is 7.01. The molecule has 0 aliphatic carbocycles. The lowest BCUT2D eigenvalue weighted by atomic mass is 10.1. The first-order valence-corrected chi connectivity index (χ1v) is 9.42. The van der Waals surface area contributed by atoms with E-state index >= 15 is 0 Å². The number of nitrogens with one attached hydrogen (secondary N) is 3. The molecule has 0 saturated carbocycles. The molecule has 0 fully saturated rings. The summed E-state index contributed by atoms with van der Waals surface area (Å²) in [4.78, 5) is 39.4. The van der Waals surface area contributed by atoms with Gasteiger partial charge in [0.2, 0.25) is 0 Å². The van der Waals surface area contributed by atoms with E-state index in [9.17, 15) is 9.59 Å². The molecule has 0 bridgehead atoms. The Bertz CT molecular complexity index is 1380. The summed E-state index contributed by atoms with van der Waals surface area (Å²) in [5.41, 5.74) is 4.10. The van der Waals surface area contributed by atoms with Gasteiger partial charge in [-0.25, -0.2) is 4.98 Å². The fraction of sp³-hybridized carbons (Fsp3) is 0. The zero-order valence-electron chi connectivity index (χ0n) is 14.4. The van der Waals surface area contributed by atoms with Crippen LogP contribution in [0.1, 0.15) is 10.4 Å². The molecule has 0 spiro atoms. The molecule has 4 heterocycles. The molecule has 0 aliphatic rings. The van der Waals surface area contributed by atoms with Crippen molar-refractivity contribution < 1.29 is 4.79 Å². The maximum absolute atomic E-state index is 12.5. The van der Waals surface area contributed by atoms with Crippen LogP contribution in [0.15, 0.2) is 64.3 Å². The van der Waals surface area contributed by atoms with E-state index in [0.717, 1.165) is 21.9 Å². The standard InChI is InChI=1S/C20H13N5O2S/c26-19(22-13-2-1-5-21-8-13)11-3-4-14-12(6-11)7-15(23-14)18-20(27)25-17-10-28-9-16(17)24-18/h1-10,23H,(H,22,26)(H,25,27). The highest BCUT2D eigenvalue weighted by Crippen LogP contribution is 2.24. The van der Waals surface area contributed by atoms with Crippen LogP contribution in [-0.2, 0) is 0 Å². The first-order valence-electron chi connectivity index (χ1n) is 8.48. The van der Waals surface area contributed by atoms with Gasteiger partial charge in [-0.1, -0.05) is 0 Å². The number of hydrogen-bond acceptors (Lipinski definition) is 5. The van der Waals surface area contributed by atoms with Crippen molar-refractivity contribution in [2.45, 2.75) is 0 Å². The van der Waals surface area contributed by atoms with Gasteiger partial charge in [0.15, 0.2) is 5.69 Å². The number of pyridine rings is 1. The van der Waals surface area contributed by atoms with Crippen LogP contribution in [0.3, 0.4) is 0 Å². The monoisotopic (exact) mass is 387 g/mol. The second-order valence-electron chi connectivity index (χ2n) is 6.27. The summed E-state index contributed by atoms with van der Waals surface area (Å²) in [6, 6.07) is 10.7.